The van der Waals surface area contributed by atoms with E-state index in [0.717, 1.165) is 0 Å². The normalized spacial score (nSPS) is 10.5. The highest BCUT2D eigenvalue weighted by molar-refractivity contribution is 6.30. The number of carbonyl (C=O) groups is 2. The van der Waals surface area contributed by atoms with Crippen LogP contribution in [0.1, 0.15) is 37.2 Å². The molecule has 0 atom stereocenters. The average Bonchev–Trinajstić information content (AvgIpc) is 2.34. The van der Waals surface area contributed by atoms with E-state index in [-0.39, 0.29) is 18.4 Å². The molecular formula is C13H17ClN2O3. The van der Waals surface area contributed by atoms with Crippen LogP contribution in [0.25, 0.3) is 0 Å². The van der Waals surface area contributed by atoms with E-state index in [2.05, 4.69) is 4.98 Å². The van der Waals surface area contributed by atoms with E-state index in [1.165, 1.54) is 6.20 Å². The minimum Gasteiger partial charge on any atom is -0.481 e. The van der Waals surface area contributed by atoms with Gasteiger partial charge < -0.3 is 10.0 Å². The fourth-order valence-electron chi connectivity index (χ4n) is 1.64. The van der Waals surface area contributed by atoms with Gasteiger partial charge in [-0.15, -0.1) is 0 Å². The maximum absolute atomic E-state index is 12.2. The molecule has 6 heteroatoms. The molecule has 1 N–H and O–H groups in total. The van der Waals surface area contributed by atoms with Crippen LogP contribution in [-0.4, -0.2) is 39.5 Å². The van der Waals surface area contributed by atoms with Crippen molar-refractivity contribution in [2.45, 2.75) is 32.7 Å². The topological polar surface area (TPSA) is 70.5 Å². The highest BCUT2D eigenvalue weighted by Gasteiger charge is 2.19. The molecule has 1 amide bonds. The lowest BCUT2D eigenvalue weighted by Gasteiger charge is -2.26. The van der Waals surface area contributed by atoms with Crippen LogP contribution in [0.3, 0.4) is 0 Å². The largest absolute Gasteiger partial charge is 0.481 e. The van der Waals surface area contributed by atoms with E-state index in [0.29, 0.717) is 23.7 Å². The average molecular weight is 285 g/mol. The highest BCUT2D eigenvalue weighted by atomic mass is 35.5. The predicted molar refractivity (Wildman–Crippen MR) is 72.3 cm³/mol. The first-order chi connectivity index (χ1) is 8.91. The molecule has 0 saturated heterocycles. The van der Waals surface area contributed by atoms with Crippen LogP contribution in [0.5, 0.6) is 0 Å². The molecule has 104 valence electrons. The van der Waals surface area contributed by atoms with Crippen molar-refractivity contribution in [2.24, 2.45) is 0 Å². The van der Waals surface area contributed by atoms with Gasteiger partial charge in [0.1, 0.15) is 5.69 Å². The molecule has 0 aliphatic carbocycles. The second-order valence-corrected chi connectivity index (χ2v) is 4.89. The van der Waals surface area contributed by atoms with Crippen LogP contribution in [0.15, 0.2) is 18.3 Å². The smallest absolute Gasteiger partial charge is 0.303 e. The van der Waals surface area contributed by atoms with Gasteiger partial charge in [-0.25, -0.2) is 4.98 Å². The Morgan fingerprint density at radius 1 is 1.42 bits per heavy atom. The van der Waals surface area contributed by atoms with Gasteiger partial charge in [0.05, 0.1) is 5.02 Å². The summed E-state index contributed by atoms with van der Waals surface area (Å²) in [5.74, 6) is -1.07. The lowest BCUT2D eigenvalue weighted by molar-refractivity contribution is -0.137. The third-order valence-electron chi connectivity index (χ3n) is 2.62. The molecule has 0 spiro atoms. The number of amides is 1. The van der Waals surface area contributed by atoms with E-state index in [1.54, 1.807) is 17.0 Å². The van der Waals surface area contributed by atoms with Crippen molar-refractivity contribution in [3.05, 3.63) is 29.0 Å². The first-order valence-electron chi connectivity index (χ1n) is 6.06. The SMILES string of the molecule is CC(C)N(CCCC(=O)O)C(=O)c1ccc(Cl)cn1. The lowest BCUT2D eigenvalue weighted by atomic mass is 10.2. The van der Waals surface area contributed by atoms with E-state index in [4.69, 9.17) is 16.7 Å². The number of hydrogen-bond donors (Lipinski definition) is 1. The van der Waals surface area contributed by atoms with Gasteiger partial charge in [0.15, 0.2) is 0 Å². The molecule has 0 unspecified atom stereocenters. The molecular weight excluding hydrogens is 268 g/mol. The molecule has 19 heavy (non-hydrogen) atoms. The Balaban J connectivity index is 2.72. The molecule has 1 heterocycles. The number of halogens is 1. The minimum atomic E-state index is -0.860. The van der Waals surface area contributed by atoms with Gasteiger partial charge in [-0.05, 0) is 32.4 Å². The summed E-state index contributed by atoms with van der Waals surface area (Å²) in [5, 5.41) is 9.09. The fourth-order valence-corrected chi connectivity index (χ4v) is 1.76. The summed E-state index contributed by atoms with van der Waals surface area (Å²) < 4.78 is 0. The van der Waals surface area contributed by atoms with Crippen LogP contribution in [-0.2, 0) is 4.79 Å². The van der Waals surface area contributed by atoms with Crippen LogP contribution in [0.2, 0.25) is 5.02 Å². The van der Waals surface area contributed by atoms with Gasteiger partial charge in [0.2, 0.25) is 0 Å². The first kappa shape index (κ1) is 15.4. The van der Waals surface area contributed by atoms with Crippen molar-refractivity contribution in [2.75, 3.05) is 6.54 Å². The van der Waals surface area contributed by atoms with Crippen molar-refractivity contribution < 1.29 is 14.7 Å². The van der Waals surface area contributed by atoms with Crippen molar-refractivity contribution in [1.82, 2.24) is 9.88 Å². The number of carbonyl (C=O) groups excluding carboxylic acids is 1. The maximum Gasteiger partial charge on any atom is 0.303 e. The van der Waals surface area contributed by atoms with Crippen molar-refractivity contribution >= 4 is 23.5 Å². The minimum absolute atomic E-state index is 0.0150. The standard InChI is InChI=1S/C13H17ClN2O3/c1-9(2)16(7-3-4-12(17)18)13(19)11-6-5-10(14)8-15-11/h5-6,8-9H,3-4,7H2,1-2H3,(H,17,18). The van der Waals surface area contributed by atoms with Gasteiger partial charge in [0.25, 0.3) is 5.91 Å². The van der Waals surface area contributed by atoms with Crippen molar-refractivity contribution in [3.8, 4) is 0 Å². The zero-order chi connectivity index (χ0) is 14.4. The molecule has 0 saturated carbocycles. The lowest BCUT2D eigenvalue weighted by Crippen LogP contribution is -2.38. The number of nitrogens with zero attached hydrogens (tertiary/aromatic N) is 2. The molecule has 5 nitrogen and oxygen atoms in total. The van der Waals surface area contributed by atoms with Crippen molar-refractivity contribution in [3.63, 3.8) is 0 Å². The van der Waals surface area contributed by atoms with Crippen LogP contribution in [0, 0.1) is 0 Å². The number of carboxylic acids is 1. The summed E-state index contributed by atoms with van der Waals surface area (Å²) in [6, 6.07) is 3.16. The molecule has 1 aromatic rings. The third kappa shape index (κ3) is 4.87. The Morgan fingerprint density at radius 2 is 2.11 bits per heavy atom. The molecule has 0 fully saturated rings. The predicted octanol–water partition coefficient (Wildman–Crippen LogP) is 2.45. The number of carboxylic acid groups (broad SMARTS) is 1. The second kappa shape index (κ2) is 7.09. The highest BCUT2D eigenvalue weighted by Crippen LogP contribution is 2.11. The van der Waals surface area contributed by atoms with Gasteiger partial charge in [-0.2, -0.15) is 0 Å². The number of pyridine rings is 1. The summed E-state index contributed by atoms with van der Waals surface area (Å²) in [6.07, 6.45) is 1.89. The van der Waals surface area contributed by atoms with Gasteiger partial charge in [-0.3, -0.25) is 9.59 Å². The van der Waals surface area contributed by atoms with Crippen molar-refractivity contribution in [1.29, 1.82) is 0 Å². The zero-order valence-electron chi connectivity index (χ0n) is 11.0. The number of rotatable bonds is 6. The monoisotopic (exact) mass is 284 g/mol. The Kier molecular flexibility index (Phi) is 5.76. The summed E-state index contributed by atoms with van der Waals surface area (Å²) in [7, 11) is 0. The maximum atomic E-state index is 12.2. The Labute approximate surface area is 117 Å². The fraction of sp³-hybridized carbons (Fsp3) is 0.462. The molecule has 0 aromatic carbocycles. The second-order valence-electron chi connectivity index (χ2n) is 4.45. The van der Waals surface area contributed by atoms with E-state index >= 15 is 0 Å². The number of aromatic nitrogens is 1. The zero-order valence-corrected chi connectivity index (χ0v) is 11.7. The van der Waals surface area contributed by atoms with Crippen LogP contribution < -0.4 is 0 Å². The molecule has 1 rings (SSSR count). The molecule has 0 bridgehead atoms. The summed E-state index contributed by atoms with van der Waals surface area (Å²) in [5.41, 5.74) is 0.313. The Morgan fingerprint density at radius 3 is 2.58 bits per heavy atom. The Bertz CT molecular complexity index is 446. The molecule has 1 aromatic heterocycles. The van der Waals surface area contributed by atoms with Gasteiger partial charge >= 0.3 is 5.97 Å². The molecule has 0 radical (unpaired) electrons. The van der Waals surface area contributed by atoms with E-state index in [9.17, 15) is 9.59 Å². The first-order valence-corrected chi connectivity index (χ1v) is 6.44. The van der Waals surface area contributed by atoms with E-state index in [1.807, 2.05) is 13.8 Å². The van der Waals surface area contributed by atoms with Gasteiger partial charge in [-0.1, -0.05) is 11.6 Å². The molecule has 0 aliphatic heterocycles. The summed E-state index contributed by atoms with van der Waals surface area (Å²) >= 11 is 5.72. The van der Waals surface area contributed by atoms with E-state index < -0.39 is 5.97 Å². The molecule has 0 aliphatic rings. The number of hydrogen-bond acceptors (Lipinski definition) is 3. The quantitative estimate of drug-likeness (QED) is 0.871. The summed E-state index contributed by atoms with van der Waals surface area (Å²) in [4.78, 5) is 28.3. The van der Waals surface area contributed by atoms with Crippen LogP contribution in [0.4, 0.5) is 0 Å². The Hall–Kier alpha value is -1.62. The van der Waals surface area contributed by atoms with Crippen LogP contribution >= 0.6 is 11.6 Å². The number of aliphatic carboxylic acids is 1. The van der Waals surface area contributed by atoms with Gasteiger partial charge in [0, 0.05) is 25.2 Å². The summed E-state index contributed by atoms with van der Waals surface area (Å²) in [6.45, 7) is 4.16. The third-order valence-corrected chi connectivity index (χ3v) is 2.84.